The summed E-state index contributed by atoms with van der Waals surface area (Å²) in [6.45, 7) is 0. The maximum absolute atomic E-state index is 13.6. The number of benzene rings is 3. The van der Waals surface area contributed by atoms with E-state index in [-0.39, 0.29) is 11.5 Å². The van der Waals surface area contributed by atoms with Crippen LogP contribution in [0.25, 0.3) is 17.2 Å². The average Bonchev–Trinajstić information content (AvgIpc) is 2.71. The third kappa shape index (κ3) is 4.77. The number of hydrogen-bond donors (Lipinski definition) is 1. The molecular formula is C22H17FO5S. The van der Waals surface area contributed by atoms with Gasteiger partial charge in [0.2, 0.25) is 0 Å². The van der Waals surface area contributed by atoms with Crippen molar-refractivity contribution in [3.8, 4) is 16.9 Å². The second-order valence-corrected chi connectivity index (χ2v) is 7.53. The molecule has 0 atom stereocenters. The van der Waals surface area contributed by atoms with E-state index in [1.165, 1.54) is 43.5 Å². The van der Waals surface area contributed by atoms with Crippen molar-refractivity contribution in [3.05, 3.63) is 89.8 Å². The van der Waals surface area contributed by atoms with Crippen molar-refractivity contribution in [1.29, 1.82) is 0 Å². The smallest absolute Gasteiger partial charge is 0.298 e. The summed E-state index contributed by atoms with van der Waals surface area (Å²) >= 11 is 0. The highest BCUT2D eigenvalue weighted by Crippen LogP contribution is 2.27. The van der Waals surface area contributed by atoms with E-state index in [4.69, 9.17) is 4.74 Å². The fourth-order valence-electron chi connectivity index (χ4n) is 2.87. The van der Waals surface area contributed by atoms with E-state index in [0.29, 0.717) is 22.3 Å². The molecule has 3 rings (SSSR count). The lowest BCUT2D eigenvalue weighted by Crippen LogP contribution is -2.02. The zero-order chi connectivity index (χ0) is 21.0. The Bertz CT molecular complexity index is 1200. The van der Waals surface area contributed by atoms with E-state index in [1.54, 1.807) is 42.5 Å². The van der Waals surface area contributed by atoms with Gasteiger partial charge in [-0.3, -0.25) is 9.35 Å². The highest BCUT2D eigenvalue weighted by Gasteiger charge is 2.17. The lowest BCUT2D eigenvalue weighted by Gasteiger charge is -2.08. The third-order valence-electron chi connectivity index (χ3n) is 4.22. The van der Waals surface area contributed by atoms with Gasteiger partial charge >= 0.3 is 0 Å². The Morgan fingerprint density at radius 3 is 2.48 bits per heavy atom. The summed E-state index contributed by atoms with van der Waals surface area (Å²) in [5.41, 5.74) is 1.91. The van der Waals surface area contributed by atoms with Crippen LogP contribution in [0.4, 0.5) is 4.39 Å². The molecule has 0 aliphatic rings. The summed E-state index contributed by atoms with van der Waals surface area (Å²) in [4.78, 5) is 12.3. The zero-order valence-electron chi connectivity index (χ0n) is 15.4. The van der Waals surface area contributed by atoms with Crippen molar-refractivity contribution < 1.29 is 26.9 Å². The molecule has 3 aromatic carbocycles. The molecule has 0 radical (unpaired) electrons. The molecule has 0 aliphatic heterocycles. The number of methoxy groups -OCH3 is 1. The van der Waals surface area contributed by atoms with Gasteiger partial charge in [-0.25, -0.2) is 4.39 Å². The summed E-state index contributed by atoms with van der Waals surface area (Å²) in [6.07, 6.45) is 2.71. The zero-order valence-corrected chi connectivity index (χ0v) is 16.2. The van der Waals surface area contributed by atoms with Crippen LogP contribution in [-0.4, -0.2) is 25.9 Å². The molecule has 0 saturated carbocycles. The Kier molecular flexibility index (Phi) is 5.91. The number of halogens is 1. The molecule has 0 spiro atoms. The Balaban J connectivity index is 1.95. The fourth-order valence-corrected chi connectivity index (χ4v) is 3.56. The minimum Gasteiger partial charge on any atom is -0.495 e. The van der Waals surface area contributed by atoms with E-state index >= 15 is 0 Å². The summed E-state index contributed by atoms with van der Waals surface area (Å²) in [6, 6.07) is 16.9. The average molecular weight is 412 g/mol. The second-order valence-electron chi connectivity index (χ2n) is 6.14. The molecule has 1 N–H and O–H groups in total. The molecule has 7 heteroatoms. The number of carbonyl (C=O) groups is 1. The molecule has 0 saturated heterocycles. The van der Waals surface area contributed by atoms with E-state index in [0.717, 1.165) is 0 Å². The van der Waals surface area contributed by atoms with Crippen molar-refractivity contribution in [2.75, 3.05) is 7.11 Å². The number of rotatable bonds is 6. The minimum absolute atomic E-state index is 0.00701. The highest BCUT2D eigenvalue weighted by atomic mass is 32.2. The summed E-state index contributed by atoms with van der Waals surface area (Å²) in [7, 11) is -3.20. The van der Waals surface area contributed by atoms with Crippen molar-refractivity contribution in [2.45, 2.75) is 4.90 Å². The van der Waals surface area contributed by atoms with Crippen LogP contribution >= 0.6 is 0 Å². The lowest BCUT2D eigenvalue weighted by molar-refractivity contribution is 0.104. The van der Waals surface area contributed by atoms with Crippen LogP contribution in [0.5, 0.6) is 5.75 Å². The van der Waals surface area contributed by atoms with Gasteiger partial charge in [0.25, 0.3) is 10.1 Å². The number of hydrogen-bond acceptors (Lipinski definition) is 4. The van der Waals surface area contributed by atoms with Crippen molar-refractivity contribution in [2.24, 2.45) is 0 Å². The molecule has 0 amide bonds. The van der Waals surface area contributed by atoms with Crippen molar-refractivity contribution >= 4 is 22.0 Å². The number of ether oxygens (including phenoxy) is 1. The van der Waals surface area contributed by atoms with Gasteiger partial charge in [0.15, 0.2) is 5.78 Å². The molecule has 0 heterocycles. The molecule has 29 heavy (non-hydrogen) atoms. The SMILES string of the molecule is COc1ccc(C=CC(=O)c2ccccc2-c2cccc(F)c2)cc1S(=O)(=O)O. The van der Waals surface area contributed by atoms with Gasteiger partial charge in [-0.15, -0.1) is 0 Å². The Hall–Kier alpha value is -3.29. The van der Waals surface area contributed by atoms with Gasteiger partial charge in [0, 0.05) is 5.56 Å². The van der Waals surface area contributed by atoms with E-state index in [1.807, 2.05) is 0 Å². The standard InChI is InChI=1S/C22H17FO5S/c1-28-21-12-10-15(13-22(21)29(25,26)27)9-11-20(24)19-8-3-2-7-18(19)16-5-4-6-17(23)14-16/h2-14H,1H3,(H,25,26,27). The summed E-state index contributed by atoms with van der Waals surface area (Å²) in [5.74, 6) is -0.752. The highest BCUT2D eigenvalue weighted by molar-refractivity contribution is 7.86. The maximum atomic E-state index is 13.6. The van der Waals surface area contributed by atoms with Gasteiger partial charge in [-0.2, -0.15) is 8.42 Å². The number of allylic oxidation sites excluding steroid dienone is 1. The number of carbonyl (C=O) groups excluding carboxylic acids is 1. The van der Waals surface area contributed by atoms with Crippen molar-refractivity contribution in [1.82, 2.24) is 0 Å². The quantitative estimate of drug-likeness (QED) is 0.362. The van der Waals surface area contributed by atoms with Gasteiger partial charge in [-0.05, 0) is 47.0 Å². The summed E-state index contributed by atoms with van der Waals surface area (Å²) < 4.78 is 50.9. The topological polar surface area (TPSA) is 80.7 Å². The van der Waals surface area contributed by atoms with Gasteiger partial charge in [-0.1, -0.05) is 48.5 Å². The van der Waals surface area contributed by atoms with Crippen LogP contribution in [0, 0.1) is 5.82 Å². The van der Waals surface area contributed by atoms with E-state index in [2.05, 4.69) is 0 Å². The first kappa shape index (κ1) is 20.4. The lowest BCUT2D eigenvalue weighted by atomic mass is 9.96. The third-order valence-corrected chi connectivity index (χ3v) is 5.10. The molecule has 0 bridgehead atoms. The van der Waals surface area contributed by atoms with Gasteiger partial charge in [0.1, 0.15) is 16.5 Å². The predicted octanol–water partition coefficient (Wildman–Crippen LogP) is 4.64. The molecule has 0 unspecified atom stereocenters. The van der Waals surface area contributed by atoms with E-state index in [9.17, 15) is 22.2 Å². The van der Waals surface area contributed by atoms with Crippen LogP contribution in [0.15, 0.2) is 77.7 Å². The Labute approximate surface area is 167 Å². The molecule has 0 aromatic heterocycles. The monoisotopic (exact) mass is 412 g/mol. The summed E-state index contributed by atoms with van der Waals surface area (Å²) in [5, 5.41) is 0. The second kappa shape index (κ2) is 8.38. The first-order valence-corrected chi connectivity index (χ1v) is 9.96. The van der Waals surface area contributed by atoms with Crippen molar-refractivity contribution in [3.63, 3.8) is 0 Å². The fraction of sp³-hybridized carbons (Fsp3) is 0.0455. The van der Waals surface area contributed by atoms with Crippen LogP contribution in [0.3, 0.4) is 0 Å². The molecule has 148 valence electrons. The predicted molar refractivity (Wildman–Crippen MR) is 108 cm³/mol. The van der Waals surface area contributed by atoms with Crippen LogP contribution in [0.1, 0.15) is 15.9 Å². The first-order chi connectivity index (χ1) is 13.8. The van der Waals surface area contributed by atoms with Gasteiger partial charge in [0.05, 0.1) is 7.11 Å². The maximum Gasteiger partial charge on any atom is 0.298 e. The van der Waals surface area contributed by atoms with E-state index < -0.39 is 20.8 Å². The largest absolute Gasteiger partial charge is 0.495 e. The Morgan fingerprint density at radius 1 is 1.03 bits per heavy atom. The first-order valence-electron chi connectivity index (χ1n) is 8.52. The minimum atomic E-state index is -4.48. The molecule has 3 aromatic rings. The van der Waals surface area contributed by atoms with Crippen LogP contribution < -0.4 is 4.74 Å². The van der Waals surface area contributed by atoms with Crippen LogP contribution in [0.2, 0.25) is 0 Å². The molecule has 0 fully saturated rings. The van der Waals surface area contributed by atoms with Crippen LogP contribution in [-0.2, 0) is 10.1 Å². The normalized spacial score (nSPS) is 11.6. The molecular weight excluding hydrogens is 395 g/mol. The molecule has 0 aliphatic carbocycles. The molecule has 5 nitrogen and oxygen atoms in total. The van der Waals surface area contributed by atoms with Gasteiger partial charge < -0.3 is 4.74 Å². The number of ketones is 1. The Morgan fingerprint density at radius 2 is 1.79 bits per heavy atom.